The van der Waals surface area contributed by atoms with Crippen molar-refractivity contribution in [3.05, 3.63) is 33.0 Å². The summed E-state index contributed by atoms with van der Waals surface area (Å²) >= 11 is 0.934. The molecule has 1 aliphatic rings. The summed E-state index contributed by atoms with van der Waals surface area (Å²) in [5, 5.41) is 14.0. The van der Waals surface area contributed by atoms with Crippen molar-refractivity contribution in [2.75, 3.05) is 13.1 Å². The van der Waals surface area contributed by atoms with Gasteiger partial charge in [0.15, 0.2) is 11.4 Å². The topological polar surface area (TPSA) is 82.7 Å². The van der Waals surface area contributed by atoms with Gasteiger partial charge in [0.1, 0.15) is 0 Å². The minimum absolute atomic E-state index is 0.207. The van der Waals surface area contributed by atoms with E-state index < -0.39 is 11.9 Å². The highest BCUT2D eigenvalue weighted by Gasteiger charge is 2.33. The van der Waals surface area contributed by atoms with Crippen LogP contribution in [0.4, 0.5) is 13.2 Å². The first-order chi connectivity index (χ1) is 10.9. The fourth-order valence-electron chi connectivity index (χ4n) is 2.34. The van der Waals surface area contributed by atoms with Crippen molar-refractivity contribution in [1.82, 2.24) is 25.8 Å². The van der Waals surface area contributed by atoms with Gasteiger partial charge in [-0.2, -0.15) is 18.3 Å². The van der Waals surface area contributed by atoms with Crippen molar-refractivity contribution in [3.63, 3.8) is 0 Å². The molecule has 0 atom stereocenters. The van der Waals surface area contributed by atoms with Crippen molar-refractivity contribution >= 4 is 17.2 Å². The fourth-order valence-corrected chi connectivity index (χ4v) is 3.14. The minimum Gasteiger partial charge on any atom is -0.350 e. The van der Waals surface area contributed by atoms with Crippen LogP contribution in [-0.4, -0.2) is 34.2 Å². The molecule has 23 heavy (non-hydrogen) atoms. The largest absolute Gasteiger partial charge is 0.434 e. The number of halogens is 3. The Morgan fingerprint density at radius 1 is 1.43 bits per heavy atom. The highest BCUT2D eigenvalue weighted by Crippen LogP contribution is 2.30. The number of alkyl halides is 3. The molecule has 2 aromatic rings. The van der Waals surface area contributed by atoms with Crippen LogP contribution in [0.25, 0.3) is 0 Å². The number of aromatic amines is 1. The molecule has 0 aromatic carbocycles. The normalized spacial score (nSPS) is 14.6. The number of aromatic nitrogens is 3. The van der Waals surface area contributed by atoms with Gasteiger partial charge in [0.25, 0.3) is 5.91 Å². The number of H-pyrrole nitrogens is 1. The number of nitrogens with zero attached hydrogens (tertiary/aromatic N) is 2. The second-order valence-electron chi connectivity index (χ2n) is 5.09. The number of thiazole rings is 1. The summed E-state index contributed by atoms with van der Waals surface area (Å²) in [6, 6.07) is 0. The average Bonchev–Trinajstić information content (AvgIpc) is 3.13. The summed E-state index contributed by atoms with van der Waals surface area (Å²) in [5.74, 6) is -0.334. The van der Waals surface area contributed by atoms with Gasteiger partial charge in [-0.3, -0.25) is 9.89 Å². The van der Waals surface area contributed by atoms with Crippen LogP contribution in [0.2, 0.25) is 0 Å². The molecular formula is C13H14F3N5OS. The van der Waals surface area contributed by atoms with Crippen molar-refractivity contribution in [1.29, 1.82) is 0 Å². The zero-order valence-electron chi connectivity index (χ0n) is 12.0. The number of fused-ring (bicyclic) bond motifs is 1. The Labute approximate surface area is 133 Å². The van der Waals surface area contributed by atoms with Gasteiger partial charge in [-0.05, 0) is 0 Å². The summed E-state index contributed by atoms with van der Waals surface area (Å²) in [7, 11) is 0. The van der Waals surface area contributed by atoms with E-state index in [4.69, 9.17) is 0 Å². The third-order valence-corrected chi connectivity index (χ3v) is 4.40. The molecule has 6 nitrogen and oxygen atoms in total. The Morgan fingerprint density at radius 3 is 3.00 bits per heavy atom. The summed E-state index contributed by atoms with van der Waals surface area (Å²) in [6.07, 6.45) is -3.40. The van der Waals surface area contributed by atoms with Gasteiger partial charge in [-0.15, -0.1) is 11.3 Å². The third kappa shape index (κ3) is 3.53. The maximum absolute atomic E-state index is 12.5. The first-order valence-electron chi connectivity index (χ1n) is 7.02. The Balaban J connectivity index is 1.55. The van der Waals surface area contributed by atoms with Crippen molar-refractivity contribution < 1.29 is 18.0 Å². The standard InChI is InChI=1S/C13H14F3N5OS/c14-13(15,16)9-6-23-10(19-9)2-4-18-12(22)11-7-5-17-3-1-8(7)20-21-11/h6,17H,1-5H2,(H,18,22)(H,20,21). The molecule has 0 radical (unpaired) electrons. The molecule has 2 aromatic heterocycles. The maximum Gasteiger partial charge on any atom is 0.434 e. The Morgan fingerprint density at radius 2 is 2.26 bits per heavy atom. The first-order valence-corrected chi connectivity index (χ1v) is 7.89. The van der Waals surface area contributed by atoms with Crippen LogP contribution in [0.15, 0.2) is 5.38 Å². The van der Waals surface area contributed by atoms with E-state index in [0.717, 1.165) is 40.9 Å². The summed E-state index contributed by atoms with van der Waals surface area (Å²) in [5.41, 5.74) is 1.24. The molecule has 3 N–H and O–H groups in total. The van der Waals surface area contributed by atoms with E-state index in [1.165, 1.54) is 0 Å². The van der Waals surface area contributed by atoms with E-state index in [0.29, 0.717) is 17.2 Å². The molecule has 3 heterocycles. The minimum atomic E-state index is -4.43. The van der Waals surface area contributed by atoms with Crippen LogP contribution in [-0.2, 0) is 25.6 Å². The SMILES string of the molecule is O=C(NCCc1nc(C(F)(F)F)cs1)c1n[nH]c2c1CNCC2. The van der Waals surface area contributed by atoms with Crippen LogP contribution in [0, 0.1) is 0 Å². The molecule has 0 unspecified atom stereocenters. The lowest BCUT2D eigenvalue weighted by atomic mass is 10.1. The zero-order chi connectivity index (χ0) is 16.4. The van der Waals surface area contributed by atoms with Gasteiger partial charge in [0.05, 0.1) is 5.01 Å². The number of carbonyl (C=O) groups excluding carboxylic acids is 1. The average molecular weight is 345 g/mol. The summed E-state index contributed by atoms with van der Waals surface area (Å²) < 4.78 is 37.4. The Kier molecular flexibility index (Phi) is 4.35. The van der Waals surface area contributed by atoms with Crippen LogP contribution < -0.4 is 10.6 Å². The summed E-state index contributed by atoms with van der Waals surface area (Å²) in [4.78, 5) is 15.6. The lowest BCUT2D eigenvalue weighted by Gasteiger charge is -2.12. The van der Waals surface area contributed by atoms with Gasteiger partial charge in [0, 0.05) is 49.1 Å². The number of hydrogen-bond acceptors (Lipinski definition) is 5. The van der Waals surface area contributed by atoms with Gasteiger partial charge >= 0.3 is 6.18 Å². The zero-order valence-corrected chi connectivity index (χ0v) is 12.8. The highest BCUT2D eigenvalue weighted by atomic mass is 32.1. The molecule has 3 rings (SSSR count). The monoisotopic (exact) mass is 345 g/mol. The highest BCUT2D eigenvalue weighted by molar-refractivity contribution is 7.09. The molecule has 0 saturated heterocycles. The summed E-state index contributed by atoms with van der Waals surface area (Å²) in [6.45, 7) is 1.62. The van der Waals surface area contributed by atoms with Crippen LogP contribution in [0.5, 0.6) is 0 Å². The van der Waals surface area contributed by atoms with Gasteiger partial charge < -0.3 is 10.6 Å². The van der Waals surface area contributed by atoms with Crippen LogP contribution >= 0.6 is 11.3 Å². The Hall–Kier alpha value is -1.94. The molecule has 1 amide bonds. The molecule has 0 spiro atoms. The molecule has 1 aliphatic heterocycles. The van der Waals surface area contributed by atoms with Crippen LogP contribution in [0.3, 0.4) is 0 Å². The van der Waals surface area contributed by atoms with Gasteiger partial charge in [-0.1, -0.05) is 0 Å². The lowest BCUT2D eigenvalue weighted by molar-refractivity contribution is -0.140. The quantitative estimate of drug-likeness (QED) is 0.784. The lowest BCUT2D eigenvalue weighted by Crippen LogP contribution is -2.29. The number of amides is 1. The molecule has 10 heteroatoms. The number of nitrogens with one attached hydrogen (secondary N) is 3. The molecule has 0 aliphatic carbocycles. The van der Waals surface area contributed by atoms with Crippen molar-refractivity contribution in [2.45, 2.75) is 25.6 Å². The van der Waals surface area contributed by atoms with E-state index in [-0.39, 0.29) is 18.9 Å². The van der Waals surface area contributed by atoms with Crippen LogP contribution in [0.1, 0.15) is 32.4 Å². The molecule has 0 fully saturated rings. The fraction of sp³-hybridized carbons (Fsp3) is 0.462. The van der Waals surface area contributed by atoms with E-state index >= 15 is 0 Å². The molecule has 124 valence electrons. The molecular weight excluding hydrogens is 331 g/mol. The molecule has 0 saturated carbocycles. The first kappa shape index (κ1) is 15.9. The third-order valence-electron chi connectivity index (χ3n) is 3.49. The van der Waals surface area contributed by atoms with Gasteiger partial charge in [-0.25, -0.2) is 4.98 Å². The second-order valence-corrected chi connectivity index (χ2v) is 6.03. The predicted molar refractivity (Wildman–Crippen MR) is 77.2 cm³/mol. The second kappa shape index (κ2) is 6.28. The van der Waals surface area contributed by atoms with E-state index in [1.54, 1.807) is 0 Å². The number of hydrogen-bond donors (Lipinski definition) is 3. The van der Waals surface area contributed by atoms with E-state index in [1.807, 2.05) is 0 Å². The smallest absolute Gasteiger partial charge is 0.350 e. The van der Waals surface area contributed by atoms with E-state index in [2.05, 4.69) is 25.8 Å². The predicted octanol–water partition coefficient (Wildman–Crippen LogP) is 1.50. The number of carbonyl (C=O) groups is 1. The van der Waals surface area contributed by atoms with E-state index in [9.17, 15) is 18.0 Å². The van der Waals surface area contributed by atoms with Crippen molar-refractivity contribution in [2.24, 2.45) is 0 Å². The maximum atomic E-state index is 12.5. The number of rotatable bonds is 4. The molecule has 0 bridgehead atoms. The van der Waals surface area contributed by atoms with Gasteiger partial charge in [0.2, 0.25) is 0 Å². The van der Waals surface area contributed by atoms with Crippen molar-refractivity contribution in [3.8, 4) is 0 Å². The Bertz CT molecular complexity index is 709.